The van der Waals surface area contributed by atoms with Crippen molar-refractivity contribution in [3.8, 4) is 41.8 Å². The zero-order valence-corrected chi connectivity index (χ0v) is 26.9. The second-order valence-corrected chi connectivity index (χ2v) is 14.2. The van der Waals surface area contributed by atoms with Crippen LogP contribution in [-0.2, 0) is 0 Å². The molecule has 0 saturated heterocycles. The molecule has 3 aromatic heterocycles. The van der Waals surface area contributed by atoms with E-state index in [0.29, 0.717) is 0 Å². The molecular weight excluding hydrogens is 609 g/mol. The Balaban J connectivity index is 0.955. The summed E-state index contributed by atoms with van der Waals surface area (Å²) >= 11 is 3.73. The van der Waals surface area contributed by atoms with Crippen LogP contribution in [0, 0.1) is 0 Å². The average Bonchev–Trinajstić information content (AvgIpc) is 3.91. The van der Waals surface area contributed by atoms with Gasteiger partial charge in [-0.15, -0.1) is 22.7 Å². The minimum absolute atomic E-state index is 0.928. The molecule has 220 valence electrons. The van der Waals surface area contributed by atoms with Crippen molar-refractivity contribution < 1.29 is 4.42 Å². The van der Waals surface area contributed by atoms with Gasteiger partial charge in [-0.3, -0.25) is 0 Å². The molecule has 0 aliphatic heterocycles. The Kier molecular flexibility index (Phi) is 5.98. The Morgan fingerprint density at radius 3 is 1.40 bits per heavy atom. The lowest BCUT2D eigenvalue weighted by molar-refractivity contribution is 0.669. The molecule has 0 amide bonds. The van der Waals surface area contributed by atoms with Gasteiger partial charge in [-0.2, -0.15) is 0 Å². The van der Waals surface area contributed by atoms with Gasteiger partial charge in [-0.05, 0) is 103 Å². The first-order chi connectivity index (χ1) is 23.3. The minimum Gasteiger partial charge on any atom is -0.456 e. The summed E-state index contributed by atoms with van der Waals surface area (Å²) in [6.07, 6.45) is 0. The lowest BCUT2D eigenvalue weighted by atomic mass is 9.93. The van der Waals surface area contributed by atoms with Crippen molar-refractivity contribution in [2.24, 2.45) is 0 Å². The molecule has 0 N–H and O–H groups in total. The number of para-hydroxylation sites is 1. The molecule has 0 radical (unpaired) electrons. The maximum Gasteiger partial charge on any atom is 0.135 e. The van der Waals surface area contributed by atoms with Gasteiger partial charge in [0.2, 0.25) is 0 Å². The van der Waals surface area contributed by atoms with Gasteiger partial charge in [0.25, 0.3) is 0 Å². The molecular formula is C44H26OS2. The van der Waals surface area contributed by atoms with Crippen molar-refractivity contribution in [2.75, 3.05) is 0 Å². The highest BCUT2D eigenvalue weighted by atomic mass is 32.1. The van der Waals surface area contributed by atoms with Crippen LogP contribution in [0.25, 0.3) is 96.0 Å². The molecule has 0 saturated carbocycles. The van der Waals surface area contributed by atoms with E-state index in [1.54, 1.807) is 0 Å². The summed E-state index contributed by atoms with van der Waals surface area (Å²) < 4.78 is 6.03. The van der Waals surface area contributed by atoms with Crippen LogP contribution >= 0.6 is 22.7 Å². The number of benzene rings is 7. The number of fused-ring (bicyclic) bond motifs is 9. The van der Waals surface area contributed by atoms with Gasteiger partial charge in [0.15, 0.2) is 0 Å². The van der Waals surface area contributed by atoms with E-state index in [0.717, 1.165) is 21.9 Å². The average molecular weight is 635 g/mol. The van der Waals surface area contributed by atoms with Gasteiger partial charge in [-0.25, -0.2) is 0 Å². The summed E-state index contributed by atoms with van der Waals surface area (Å²) in [7, 11) is 0. The summed E-state index contributed by atoms with van der Waals surface area (Å²) in [5, 5.41) is 10.2. The smallest absolute Gasteiger partial charge is 0.135 e. The number of hydrogen-bond acceptors (Lipinski definition) is 3. The molecule has 7 aromatic carbocycles. The van der Waals surface area contributed by atoms with Crippen LogP contribution < -0.4 is 0 Å². The Hall–Kier alpha value is -5.48. The SMILES string of the molecule is c1ccc2c(c1)oc1ccc(-c3ccc(-c4ccc(-c5ccc(-c6ccc7c8ccccc8c8ccccc8c7c6)s5)s4)cc3)cc12. The third-order valence-corrected chi connectivity index (χ3v) is 11.8. The maximum atomic E-state index is 6.03. The van der Waals surface area contributed by atoms with Gasteiger partial charge in [0.05, 0.1) is 0 Å². The molecule has 0 atom stereocenters. The van der Waals surface area contributed by atoms with Crippen LogP contribution in [0.2, 0.25) is 0 Å². The number of hydrogen-bond donors (Lipinski definition) is 0. The minimum atomic E-state index is 0.928. The highest BCUT2D eigenvalue weighted by molar-refractivity contribution is 7.25. The first-order valence-electron chi connectivity index (χ1n) is 15.8. The molecule has 0 unspecified atom stereocenters. The van der Waals surface area contributed by atoms with E-state index in [4.69, 9.17) is 4.42 Å². The summed E-state index contributed by atoms with van der Waals surface area (Å²) in [5.74, 6) is 0. The Morgan fingerprint density at radius 1 is 0.277 bits per heavy atom. The summed E-state index contributed by atoms with van der Waals surface area (Å²) in [6, 6.07) is 57.3. The van der Waals surface area contributed by atoms with Crippen molar-refractivity contribution in [1.82, 2.24) is 0 Å². The standard InChI is InChI=1S/C44H26OS2/c1-2-9-33-31(7-1)32-8-3-4-10-34(32)37-26-30(17-19-35(33)37)42-22-24-44(47-42)43-23-21-41(46-43)28-15-13-27(14-16-28)29-18-20-40-38(25-29)36-11-5-6-12-39(36)45-40/h1-26H. The Bertz CT molecular complexity index is 2760. The second-order valence-electron chi connectivity index (χ2n) is 12.1. The van der Waals surface area contributed by atoms with Crippen molar-refractivity contribution in [1.29, 1.82) is 0 Å². The van der Waals surface area contributed by atoms with Crippen molar-refractivity contribution in [3.05, 3.63) is 158 Å². The Morgan fingerprint density at radius 2 is 0.723 bits per heavy atom. The van der Waals surface area contributed by atoms with E-state index < -0.39 is 0 Å². The molecule has 0 bridgehead atoms. The molecule has 0 aliphatic carbocycles. The zero-order valence-electron chi connectivity index (χ0n) is 25.2. The van der Waals surface area contributed by atoms with Crippen LogP contribution in [0.1, 0.15) is 0 Å². The maximum absolute atomic E-state index is 6.03. The van der Waals surface area contributed by atoms with Gasteiger partial charge in [-0.1, -0.05) is 109 Å². The van der Waals surface area contributed by atoms with E-state index >= 15 is 0 Å². The molecule has 1 nitrogen and oxygen atoms in total. The third-order valence-electron chi connectivity index (χ3n) is 9.36. The zero-order chi connectivity index (χ0) is 30.9. The van der Waals surface area contributed by atoms with Gasteiger partial charge in [0.1, 0.15) is 11.2 Å². The predicted molar refractivity (Wildman–Crippen MR) is 204 cm³/mol. The molecule has 3 heteroatoms. The van der Waals surface area contributed by atoms with E-state index in [-0.39, 0.29) is 0 Å². The fourth-order valence-electron chi connectivity index (χ4n) is 7.04. The van der Waals surface area contributed by atoms with Crippen LogP contribution in [-0.4, -0.2) is 0 Å². The lowest BCUT2D eigenvalue weighted by Gasteiger charge is -2.11. The number of furan rings is 1. The fourth-order valence-corrected chi connectivity index (χ4v) is 9.15. The second kappa shape index (κ2) is 10.5. The normalized spacial score (nSPS) is 11.8. The fraction of sp³-hybridized carbons (Fsp3) is 0. The lowest BCUT2D eigenvalue weighted by Crippen LogP contribution is -1.83. The Labute approximate surface area is 279 Å². The van der Waals surface area contributed by atoms with Crippen molar-refractivity contribution >= 4 is 76.9 Å². The topological polar surface area (TPSA) is 13.1 Å². The van der Waals surface area contributed by atoms with Crippen LogP contribution in [0.5, 0.6) is 0 Å². The van der Waals surface area contributed by atoms with E-state index in [2.05, 4.69) is 146 Å². The molecule has 0 fully saturated rings. The summed E-state index contributed by atoms with van der Waals surface area (Å²) in [5.41, 5.74) is 6.77. The van der Waals surface area contributed by atoms with E-state index in [1.165, 1.54) is 74.1 Å². The summed E-state index contributed by atoms with van der Waals surface area (Å²) in [6.45, 7) is 0. The number of thiophene rings is 2. The van der Waals surface area contributed by atoms with E-state index in [9.17, 15) is 0 Å². The molecule has 47 heavy (non-hydrogen) atoms. The first-order valence-corrected chi connectivity index (χ1v) is 17.5. The van der Waals surface area contributed by atoms with Crippen molar-refractivity contribution in [3.63, 3.8) is 0 Å². The van der Waals surface area contributed by atoms with E-state index in [1.807, 2.05) is 34.8 Å². The van der Waals surface area contributed by atoms with Crippen LogP contribution in [0.3, 0.4) is 0 Å². The van der Waals surface area contributed by atoms with Crippen LogP contribution in [0.15, 0.2) is 162 Å². The monoisotopic (exact) mass is 634 g/mol. The van der Waals surface area contributed by atoms with Gasteiger partial charge >= 0.3 is 0 Å². The molecule has 0 aliphatic rings. The quantitative estimate of drug-likeness (QED) is 0.176. The highest BCUT2D eigenvalue weighted by Crippen LogP contribution is 2.43. The third kappa shape index (κ3) is 4.35. The predicted octanol–water partition coefficient (Wildman–Crippen LogP) is 13.8. The first kappa shape index (κ1) is 26.7. The number of rotatable bonds is 4. The van der Waals surface area contributed by atoms with Crippen molar-refractivity contribution in [2.45, 2.75) is 0 Å². The molecule has 10 aromatic rings. The highest BCUT2D eigenvalue weighted by Gasteiger charge is 2.13. The molecule has 3 heterocycles. The van der Waals surface area contributed by atoms with Crippen LogP contribution in [0.4, 0.5) is 0 Å². The molecule has 0 spiro atoms. The van der Waals surface area contributed by atoms with Gasteiger partial charge < -0.3 is 4.42 Å². The summed E-state index contributed by atoms with van der Waals surface area (Å²) in [4.78, 5) is 5.18. The molecule has 10 rings (SSSR count). The largest absolute Gasteiger partial charge is 0.456 e. The van der Waals surface area contributed by atoms with Gasteiger partial charge in [0, 0.05) is 30.3 Å².